The summed E-state index contributed by atoms with van der Waals surface area (Å²) in [6.07, 6.45) is 1.58. The zero-order valence-corrected chi connectivity index (χ0v) is 11.1. The van der Waals surface area contributed by atoms with Crippen LogP contribution in [0.15, 0.2) is 0 Å². The van der Waals surface area contributed by atoms with Gasteiger partial charge in [-0.2, -0.15) is 0 Å². The highest BCUT2D eigenvalue weighted by atomic mass is 16.7. The SMILES string of the molecule is CCOC([C]=O)(CC(=O)N(CC)CC)OCC. The van der Waals surface area contributed by atoms with Crippen molar-refractivity contribution in [3.8, 4) is 0 Å². The van der Waals surface area contributed by atoms with Gasteiger partial charge in [-0.25, -0.2) is 0 Å². The molecular formula is C12H22NO4. The predicted molar refractivity (Wildman–Crippen MR) is 64.2 cm³/mol. The van der Waals surface area contributed by atoms with E-state index in [1.165, 1.54) is 0 Å². The van der Waals surface area contributed by atoms with Gasteiger partial charge in [0.25, 0.3) is 6.29 Å². The van der Waals surface area contributed by atoms with Gasteiger partial charge in [-0.15, -0.1) is 0 Å². The maximum atomic E-state index is 11.9. The molecule has 0 spiro atoms. The number of amides is 1. The van der Waals surface area contributed by atoms with E-state index in [0.717, 1.165) is 0 Å². The second-order valence-electron chi connectivity index (χ2n) is 3.46. The van der Waals surface area contributed by atoms with Crippen LogP contribution in [0.1, 0.15) is 34.1 Å². The molecule has 0 atom stereocenters. The van der Waals surface area contributed by atoms with Crippen molar-refractivity contribution < 1.29 is 19.1 Å². The molecule has 0 fully saturated rings. The fourth-order valence-electron chi connectivity index (χ4n) is 1.59. The standard InChI is InChI=1S/C12H22NO4/c1-5-13(6-2)11(15)9-12(10-14,16-7-3)17-8-4/h5-9H2,1-4H3. The van der Waals surface area contributed by atoms with Crippen LogP contribution in [0.2, 0.25) is 0 Å². The summed E-state index contributed by atoms with van der Waals surface area (Å²) in [6.45, 7) is 9.04. The number of ether oxygens (including phenoxy) is 2. The molecule has 1 amide bonds. The number of hydrogen-bond donors (Lipinski definition) is 0. The van der Waals surface area contributed by atoms with Gasteiger partial charge < -0.3 is 14.4 Å². The van der Waals surface area contributed by atoms with E-state index in [2.05, 4.69) is 0 Å². The second-order valence-corrected chi connectivity index (χ2v) is 3.46. The molecule has 0 aliphatic heterocycles. The molecule has 0 heterocycles. The maximum Gasteiger partial charge on any atom is 0.263 e. The molecule has 99 valence electrons. The predicted octanol–water partition coefficient (Wildman–Crippen LogP) is 1.12. The van der Waals surface area contributed by atoms with Crippen LogP contribution >= 0.6 is 0 Å². The summed E-state index contributed by atoms with van der Waals surface area (Å²) >= 11 is 0. The summed E-state index contributed by atoms with van der Waals surface area (Å²) in [4.78, 5) is 24.5. The van der Waals surface area contributed by atoms with Gasteiger partial charge in [0.05, 0.1) is 6.42 Å². The van der Waals surface area contributed by atoms with Crippen molar-refractivity contribution in [1.82, 2.24) is 4.90 Å². The minimum atomic E-state index is -1.55. The molecule has 5 nitrogen and oxygen atoms in total. The van der Waals surface area contributed by atoms with Crippen LogP contribution in [0.3, 0.4) is 0 Å². The third kappa shape index (κ3) is 4.83. The Morgan fingerprint density at radius 2 is 1.59 bits per heavy atom. The number of nitrogens with zero attached hydrogens (tertiary/aromatic N) is 1. The molecule has 0 unspecified atom stereocenters. The molecular weight excluding hydrogens is 222 g/mol. The molecule has 0 saturated heterocycles. The van der Waals surface area contributed by atoms with Crippen LogP contribution in [0.25, 0.3) is 0 Å². The van der Waals surface area contributed by atoms with Crippen LogP contribution in [0.4, 0.5) is 0 Å². The number of carbonyl (C=O) groups is 1. The van der Waals surface area contributed by atoms with Crippen molar-refractivity contribution in [2.24, 2.45) is 0 Å². The Morgan fingerprint density at radius 3 is 1.88 bits per heavy atom. The number of hydrogen-bond acceptors (Lipinski definition) is 4. The molecule has 0 aliphatic rings. The molecule has 1 radical (unpaired) electrons. The van der Waals surface area contributed by atoms with Crippen LogP contribution in [0, 0.1) is 0 Å². The van der Waals surface area contributed by atoms with Crippen molar-refractivity contribution >= 4 is 12.2 Å². The van der Waals surface area contributed by atoms with Crippen LogP contribution in [-0.2, 0) is 19.1 Å². The molecule has 0 aromatic rings. The molecule has 0 aromatic carbocycles. The van der Waals surface area contributed by atoms with Gasteiger partial charge in [-0.1, -0.05) is 0 Å². The summed E-state index contributed by atoms with van der Waals surface area (Å²) in [5.74, 6) is -1.72. The molecule has 0 aliphatic carbocycles. The normalized spacial score (nSPS) is 11.3. The van der Waals surface area contributed by atoms with E-state index < -0.39 is 5.79 Å². The van der Waals surface area contributed by atoms with Crippen molar-refractivity contribution in [2.75, 3.05) is 26.3 Å². The monoisotopic (exact) mass is 244 g/mol. The van der Waals surface area contributed by atoms with Gasteiger partial charge in [0, 0.05) is 26.3 Å². The summed E-state index contributed by atoms with van der Waals surface area (Å²) in [6, 6.07) is 0. The van der Waals surface area contributed by atoms with Crippen LogP contribution in [-0.4, -0.2) is 49.2 Å². The Morgan fingerprint density at radius 1 is 1.12 bits per heavy atom. The smallest absolute Gasteiger partial charge is 0.263 e. The number of carbonyl (C=O) groups excluding carboxylic acids is 2. The first-order valence-electron chi connectivity index (χ1n) is 6.04. The van der Waals surface area contributed by atoms with E-state index in [4.69, 9.17) is 9.47 Å². The lowest BCUT2D eigenvalue weighted by atomic mass is 10.2. The quantitative estimate of drug-likeness (QED) is 0.570. The zero-order chi connectivity index (χ0) is 13.3. The van der Waals surface area contributed by atoms with E-state index in [-0.39, 0.29) is 12.3 Å². The largest absolute Gasteiger partial charge is 0.343 e. The maximum absolute atomic E-state index is 11.9. The highest BCUT2D eigenvalue weighted by Crippen LogP contribution is 2.17. The molecule has 0 bridgehead atoms. The van der Waals surface area contributed by atoms with Crippen molar-refractivity contribution in [1.29, 1.82) is 0 Å². The van der Waals surface area contributed by atoms with Crippen molar-refractivity contribution in [3.63, 3.8) is 0 Å². The fraction of sp³-hybridized carbons (Fsp3) is 0.833. The van der Waals surface area contributed by atoms with Gasteiger partial charge in [0.1, 0.15) is 0 Å². The Labute approximate surface area is 103 Å². The van der Waals surface area contributed by atoms with E-state index in [9.17, 15) is 9.59 Å². The summed E-state index contributed by atoms with van der Waals surface area (Å²) < 4.78 is 10.5. The number of rotatable bonds is 9. The topological polar surface area (TPSA) is 55.8 Å². The van der Waals surface area contributed by atoms with E-state index >= 15 is 0 Å². The van der Waals surface area contributed by atoms with Gasteiger partial charge in [-0.05, 0) is 27.7 Å². The highest BCUT2D eigenvalue weighted by Gasteiger charge is 2.36. The minimum absolute atomic E-state index is 0.125. The Kier molecular flexibility index (Phi) is 7.74. The average molecular weight is 244 g/mol. The summed E-state index contributed by atoms with van der Waals surface area (Å²) in [5.41, 5.74) is 0. The second kappa shape index (κ2) is 8.20. The Balaban J connectivity index is 4.71. The zero-order valence-electron chi connectivity index (χ0n) is 11.1. The van der Waals surface area contributed by atoms with E-state index in [1.807, 2.05) is 13.8 Å². The van der Waals surface area contributed by atoms with Crippen LogP contribution in [0.5, 0.6) is 0 Å². The van der Waals surface area contributed by atoms with Crippen molar-refractivity contribution in [2.45, 2.75) is 39.9 Å². The lowest BCUT2D eigenvalue weighted by Gasteiger charge is -2.28. The average Bonchev–Trinajstić information content (AvgIpc) is 2.31. The van der Waals surface area contributed by atoms with Gasteiger partial charge in [-0.3, -0.25) is 9.59 Å². The molecule has 0 aromatic heterocycles. The lowest BCUT2D eigenvalue weighted by Crippen LogP contribution is -2.44. The molecule has 0 saturated carbocycles. The molecule has 0 rings (SSSR count). The van der Waals surface area contributed by atoms with E-state index in [1.54, 1.807) is 25.0 Å². The van der Waals surface area contributed by atoms with Gasteiger partial charge >= 0.3 is 0 Å². The van der Waals surface area contributed by atoms with E-state index in [0.29, 0.717) is 26.3 Å². The minimum Gasteiger partial charge on any atom is -0.343 e. The Bertz CT molecular complexity index is 233. The van der Waals surface area contributed by atoms with Gasteiger partial charge in [0.15, 0.2) is 0 Å². The first kappa shape index (κ1) is 16.1. The third-order valence-corrected chi connectivity index (χ3v) is 2.41. The molecule has 0 N–H and O–H groups in total. The third-order valence-electron chi connectivity index (χ3n) is 2.41. The van der Waals surface area contributed by atoms with Crippen molar-refractivity contribution in [3.05, 3.63) is 0 Å². The fourth-order valence-corrected chi connectivity index (χ4v) is 1.59. The Hall–Kier alpha value is -0.940. The van der Waals surface area contributed by atoms with Crippen LogP contribution < -0.4 is 0 Å². The highest BCUT2D eigenvalue weighted by molar-refractivity contribution is 5.81. The first-order chi connectivity index (χ1) is 8.09. The summed E-state index contributed by atoms with van der Waals surface area (Å²) in [5, 5.41) is 0. The first-order valence-corrected chi connectivity index (χ1v) is 6.04. The molecule has 17 heavy (non-hydrogen) atoms. The summed E-state index contributed by atoms with van der Waals surface area (Å²) in [7, 11) is 0. The van der Waals surface area contributed by atoms with Gasteiger partial charge in [0.2, 0.25) is 11.7 Å². The molecule has 5 heteroatoms. The lowest BCUT2D eigenvalue weighted by molar-refractivity contribution is -0.193.